The fourth-order valence-electron chi connectivity index (χ4n) is 3.63. The van der Waals surface area contributed by atoms with Gasteiger partial charge in [0.25, 0.3) is 0 Å². The van der Waals surface area contributed by atoms with Crippen LogP contribution in [0.3, 0.4) is 0 Å². The molecule has 5 nitrogen and oxygen atoms in total. The maximum Gasteiger partial charge on any atom is 0.343 e. The van der Waals surface area contributed by atoms with E-state index in [0.29, 0.717) is 5.75 Å². The highest BCUT2D eigenvalue weighted by molar-refractivity contribution is 5.88. The van der Waals surface area contributed by atoms with Gasteiger partial charge in [-0.3, -0.25) is 0 Å². The van der Waals surface area contributed by atoms with Gasteiger partial charge in [0.1, 0.15) is 5.75 Å². The summed E-state index contributed by atoms with van der Waals surface area (Å²) in [5, 5.41) is 13.7. The summed E-state index contributed by atoms with van der Waals surface area (Å²) in [6.07, 6.45) is 2.16. The molecule has 0 unspecified atom stereocenters. The molecule has 0 atom stereocenters. The summed E-state index contributed by atoms with van der Waals surface area (Å²) >= 11 is 0. The van der Waals surface area contributed by atoms with E-state index in [0.717, 1.165) is 33.5 Å². The number of nitrogens with one attached hydrogen (secondary N) is 1. The first kappa shape index (κ1) is 19.0. The minimum Gasteiger partial charge on any atom is -0.481 e. The molecular formula is C22H25NO4. The van der Waals surface area contributed by atoms with E-state index in [4.69, 9.17) is 4.74 Å². The average molecular weight is 367 g/mol. The predicted octanol–water partition coefficient (Wildman–Crippen LogP) is 4.01. The zero-order chi connectivity index (χ0) is 19.6. The number of carbonyl (C=O) groups is 1. The maximum atomic E-state index is 11.4. The second-order valence-corrected chi connectivity index (χ2v) is 7.21. The fraction of sp³-hybridized carbons (Fsp3) is 0.318. The molecule has 1 heterocycles. The molecule has 0 spiro atoms. The van der Waals surface area contributed by atoms with E-state index in [-0.39, 0.29) is 18.8 Å². The lowest BCUT2D eigenvalue weighted by molar-refractivity contribution is -0.142. The molecule has 3 rings (SSSR count). The second-order valence-electron chi connectivity index (χ2n) is 7.21. The van der Waals surface area contributed by atoms with Gasteiger partial charge in [0.05, 0.1) is 19.3 Å². The molecule has 5 heteroatoms. The number of allylic oxidation sites excluding steroid dienone is 1. The molecule has 2 aromatic rings. The van der Waals surface area contributed by atoms with Crippen LogP contribution < -0.4 is 10.1 Å². The quantitative estimate of drug-likeness (QED) is 0.782. The van der Waals surface area contributed by atoms with Crippen LogP contribution in [0.15, 0.2) is 42.5 Å². The number of aliphatic hydroxyl groups excluding tert-OH is 1. The standard InChI is InChI=1S/C22H25NO4/c1-14-11-22(2,3)23-18-10-9-15(17(12-24)21(14)18)16-7-5-6-8-19(16)27-13-20(25)26-4/h5-11,23-24H,12-13H2,1-4H3. The summed E-state index contributed by atoms with van der Waals surface area (Å²) in [6, 6.07) is 11.5. The summed E-state index contributed by atoms with van der Waals surface area (Å²) in [6.45, 7) is 6.02. The van der Waals surface area contributed by atoms with Crippen LogP contribution in [0.4, 0.5) is 5.69 Å². The number of methoxy groups -OCH3 is 1. The first-order chi connectivity index (χ1) is 12.9. The Kier molecular flexibility index (Phi) is 5.24. The molecule has 2 N–H and O–H groups in total. The number of rotatable bonds is 5. The lowest BCUT2D eigenvalue weighted by Crippen LogP contribution is -2.31. The number of ether oxygens (including phenoxy) is 2. The number of aliphatic hydroxyl groups is 1. The summed E-state index contributed by atoms with van der Waals surface area (Å²) in [4.78, 5) is 11.4. The van der Waals surface area contributed by atoms with Gasteiger partial charge in [-0.05, 0) is 49.6 Å². The van der Waals surface area contributed by atoms with E-state index in [1.165, 1.54) is 7.11 Å². The first-order valence-electron chi connectivity index (χ1n) is 8.90. The van der Waals surface area contributed by atoms with E-state index < -0.39 is 5.97 Å². The first-order valence-corrected chi connectivity index (χ1v) is 8.90. The molecule has 0 saturated carbocycles. The van der Waals surface area contributed by atoms with Crippen LogP contribution in [0.5, 0.6) is 5.75 Å². The Hall–Kier alpha value is -2.79. The monoisotopic (exact) mass is 367 g/mol. The van der Waals surface area contributed by atoms with Crippen LogP contribution in [0.2, 0.25) is 0 Å². The SMILES string of the molecule is COC(=O)COc1ccccc1-c1ccc2c(c1CO)C(C)=CC(C)(C)N2. The molecule has 1 aliphatic rings. The van der Waals surface area contributed by atoms with Crippen molar-refractivity contribution in [2.45, 2.75) is 32.9 Å². The van der Waals surface area contributed by atoms with Crippen LogP contribution in [-0.4, -0.2) is 30.3 Å². The van der Waals surface area contributed by atoms with Crippen molar-refractivity contribution in [1.29, 1.82) is 0 Å². The average Bonchev–Trinajstić information content (AvgIpc) is 2.64. The molecule has 0 saturated heterocycles. The van der Waals surface area contributed by atoms with Gasteiger partial charge < -0.3 is 19.9 Å². The Morgan fingerprint density at radius 2 is 1.89 bits per heavy atom. The van der Waals surface area contributed by atoms with Crippen LogP contribution in [-0.2, 0) is 16.1 Å². The Morgan fingerprint density at radius 3 is 2.59 bits per heavy atom. The highest BCUT2D eigenvalue weighted by Gasteiger charge is 2.26. The van der Waals surface area contributed by atoms with Crippen molar-refractivity contribution in [3.8, 4) is 16.9 Å². The van der Waals surface area contributed by atoms with Gasteiger partial charge in [0, 0.05) is 16.8 Å². The number of hydrogen-bond acceptors (Lipinski definition) is 5. The number of anilines is 1. The molecule has 0 aliphatic carbocycles. The van der Waals surface area contributed by atoms with Crippen molar-refractivity contribution < 1.29 is 19.4 Å². The molecule has 0 radical (unpaired) electrons. The van der Waals surface area contributed by atoms with Gasteiger partial charge >= 0.3 is 5.97 Å². The lowest BCUT2D eigenvalue weighted by Gasteiger charge is -2.33. The molecule has 0 aromatic heterocycles. The zero-order valence-corrected chi connectivity index (χ0v) is 16.1. The van der Waals surface area contributed by atoms with Crippen LogP contribution in [0.1, 0.15) is 31.9 Å². The second kappa shape index (κ2) is 7.45. The topological polar surface area (TPSA) is 67.8 Å². The molecule has 142 valence electrons. The van der Waals surface area contributed by atoms with E-state index in [1.54, 1.807) is 0 Å². The predicted molar refractivity (Wildman–Crippen MR) is 107 cm³/mol. The molecular weight excluding hydrogens is 342 g/mol. The van der Waals surface area contributed by atoms with Gasteiger partial charge in [-0.25, -0.2) is 4.79 Å². The largest absolute Gasteiger partial charge is 0.481 e. The number of para-hydroxylation sites is 1. The summed E-state index contributed by atoms with van der Waals surface area (Å²) in [5.74, 6) is 0.131. The van der Waals surface area contributed by atoms with Gasteiger partial charge in [-0.2, -0.15) is 0 Å². The van der Waals surface area contributed by atoms with E-state index >= 15 is 0 Å². The summed E-state index contributed by atoms with van der Waals surface area (Å²) in [5.41, 5.74) is 5.52. The van der Waals surface area contributed by atoms with Crippen molar-refractivity contribution in [1.82, 2.24) is 0 Å². The smallest absolute Gasteiger partial charge is 0.343 e. The van der Waals surface area contributed by atoms with E-state index in [2.05, 4.69) is 36.9 Å². The third kappa shape index (κ3) is 3.83. The molecule has 27 heavy (non-hydrogen) atoms. The highest BCUT2D eigenvalue weighted by Crippen LogP contribution is 2.42. The normalized spacial score (nSPS) is 14.6. The third-order valence-electron chi connectivity index (χ3n) is 4.65. The third-order valence-corrected chi connectivity index (χ3v) is 4.65. The number of hydrogen-bond donors (Lipinski definition) is 2. The summed E-state index contributed by atoms with van der Waals surface area (Å²) in [7, 11) is 1.33. The Balaban J connectivity index is 2.09. The Bertz CT molecular complexity index is 899. The minimum absolute atomic E-state index is 0.100. The van der Waals surface area contributed by atoms with Crippen molar-refractivity contribution in [3.63, 3.8) is 0 Å². The Morgan fingerprint density at radius 1 is 1.15 bits per heavy atom. The van der Waals surface area contributed by atoms with Gasteiger partial charge in [0.2, 0.25) is 0 Å². The van der Waals surface area contributed by atoms with Gasteiger partial charge in [0.15, 0.2) is 6.61 Å². The Labute approximate surface area is 159 Å². The fourth-order valence-corrected chi connectivity index (χ4v) is 3.63. The van der Waals surface area contributed by atoms with E-state index in [1.807, 2.05) is 36.4 Å². The lowest BCUT2D eigenvalue weighted by atomic mass is 9.85. The van der Waals surface area contributed by atoms with Crippen LogP contribution >= 0.6 is 0 Å². The van der Waals surface area contributed by atoms with Crippen molar-refractivity contribution >= 4 is 17.2 Å². The van der Waals surface area contributed by atoms with Gasteiger partial charge in [-0.15, -0.1) is 0 Å². The van der Waals surface area contributed by atoms with Crippen LogP contribution in [0, 0.1) is 0 Å². The molecule has 2 aromatic carbocycles. The van der Waals surface area contributed by atoms with Crippen molar-refractivity contribution in [3.05, 3.63) is 53.6 Å². The zero-order valence-electron chi connectivity index (χ0n) is 16.1. The highest BCUT2D eigenvalue weighted by atomic mass is 16.6. The van der Waals surface area contributed by atoms with Gasteiger partial charge in [-0.1, -0.05) is 30.3 Å². The van der Waals surface area contributed by atoms with Crippen molar-refractivity contribution in [2.75, 3.05) is 19.0 Å². The number of esters is 1. The van der Waals surface area contributed by atoms with Crippen LogP contribution in [0.25, 0.3) is 16.7 Å². The molecule has 0 bridgehead atoms. The molecule has 1 aliphatic heterocycles. The maximum absolute atomic E-state index is 11.4. The number of carbonyl (C=O) groups excluding carboxylic acids is 1. The minimum atomic E-state index is -0.442. The van der Waals surface area contributed by atoms with E-state index in [9.17, 15) is 9.90 Å². The molecule has 0 amide bonds. The summed E-state index contributed by atoms with van der Waals surface area (Å²) < 4.78 is 10.3. The number of benzene rings is 2. The molecule has 0 fully saturated rings. The number of fused-ring (bicyclic) bond motifs is 1. The van der Waals surface area contributed by atoms with Crippen molar-refractivity contribution in [2.24, 2.45) is 0 Å².